The summed E-state index contributed by atoms with van der Waals surface area (Å²) >= 11 is 7.22. The molecule has 2 nitrogen and oxygen atoms in total. The number of rotatable bonds is 1. The highest BCUT2D eigenvalue weighted by Crippen LogP contribution is 2.28. The van der Waals surface area contributed by atoms with Gasteiger partial charge in [-0.25, -0.2) is 4.98 Å². The van der Waals surface area contributed by atoms with E-state index in [-0.39, 0.29) is 5.15 Å². The van der Waals surface area contributed by atoms with Crippen molar-refractivity contribution < 1.29 is 17.9 Å². The summed E-state index contributed by atoms with van der Waals surface area (Å²) in [4.78, 5) is 3.58. The number of pyridine rings is 1. The maximum atomic E-state index is 11.7. The monoisotopic (exact) mass is 323 g/mol. The van der Waals surface area contributed by atoms with E-state index in [0.29, 0.717) is 3.70 Å². The van der Waals surface area contributed by atoms with E-state index in [2.05, 4.69) is 9.72 Å². The predicted molar refractivity (Wildman–Crippen MR) is 48.6 cm³/mol. The topological polar surface area (TPSA) is 22.1 Å². The molecule has 0 spiro atoms. The summed E-state index contributed by atoms with van der Waals surface area (Å²) in [6, 6.07) is 2.48. The molecule has 1 rings (SSSR count). The third-order valence-corrected chi connectivity index (χ3v) is 1.88. The minimum atomic E-state index is -4.74. The molecule has 0 bridgehead atoms. The first kappa shape index (κ1) is 10.8. The molecule has 0 aromatic carbocycles. The zero-order valence-corrected chi connectivity index (χ0v) is 8.81. The minimum absolute atomic E-state index is 0.302. The molecule has 0 aliphatic rings. The predicted octanol–water partition coefficient (Wildman–Crippen LogP) is 3.24. The highest BCUT2D eigenvalue weighted by Gasteiger charge is 2.32. The van der Waals surface area contributed by atoms with Gasteiger partial charge in [-0.15, -0.1) is 13.2 Å². The molecule has 0 aliphatic carbocycles. The molecule has 0 fully saturated rings. The molecule has 0 radical (unpaired) electrons. The first-order valence-corrected chi connectivity index (χ1v) is 4.42. The van der Waals surface area contributed by atoms with Gasteiger partial charge in [0, 0.05) is 0 Å². The van der Waals surface area contributed by atoms with Crippen molar-refractivity contribution in [2.75, 3.05) is 0 Å². The van der Waals surface area contributed by atoms with E-state index in [9.17, 15) is 13.2 Å². The van der Waals surface area contributed by atoms with Crippen LogP contribution in [-0.4, -0.2) is 11.3 Å². The molecule has 0 atom stereocenters. The molecule has 0 saturated heterocycles. The van der Waals surface area contributed by atoms with Gasteiger partial charge in [-0.1, -0.05) is 11.6 Å². The Balaban J connectivity index is 2.90. The Morgan fingerprint density at radius 3 is 2.46 bits per heavy atom. The lowest BCUT2D eigenvalue weighted by Gasteiger charge is -2.09. The van der Waals surface area contributed by atoms with E-state index in [4.69, 9.17) is 11.6 Å². The molecule has 0 unspecified atom stereocenters. The van der Waals surface area contributed by atoms with Crippen LogP contribution >= 0.6 is 34.2 Å². The number of nitrogens with zero attached hydrogens (tertiary/aromatic N) is 1. The fourth-order valence-electron chi connectivity index (χ4n) is 0.600. The van der Waals surface area contributed by atoms with Crippen molar-refractivity contribution in [2.24, 2.45) is 0 Å². The third kappa shape index (κ3) is 3.55. The number of aromatic nitrogens is 1. The van der Waals surface area contributed by atoms with Crippen LogP contribution in [0.15, 0.2) is 12.1 Å². The summed E-state index contributed by atoms with van der Waals surface area (Å²) < 4.78 is 39.2. The molecule has 0 amide bonds. The van der Waals surface area contributed by atoms with E-state index in [1.165, 1.54) is 6.07 Å². The smallest absolute Gasteiger partial charge is 0.402 e. The summed E-state index contributed by atoms with van der Waals surface area (Å²) in [7, 11) is 0. The second-order valence-corrected chi connectivity index (χ2v) is 3.43. The highest BCUT2D eigenvalue weighted by molar-refractivity contribution is 14.1. The zero-order valence-electron chi connectivity index (χ0n) is 5.90. The summed E-state index contributed by atoms with van der Waals surface area (Å²) in [5.74, 6) is -0.491. The summed E-state index contributed by atoms with van der Waals surface area (Å²) in [6.07, 6.45) is -4.74. The van der Waals surface area contributed by atoms with Crippen molar-refractivity contribution in [2.45, 2.75) is 6.36 Å². The quantitative estimate of drug-likeness (QED) is 0.585. The molecule has 72 valence electrons. The summed E-state index contributed by atoms with van der Waals surface area (Å²) in [6.45, 7) is 0. The lowest BCUT2D eigenvalue weighted by molar-refractivity contribution is -0.274. The van der Waals surface area contributed by atoms with Crippen LogP contribution in [0.1, 0.15) is 0 Å². The van der Waals surface area contributed by atoms with Gasteiger partial charge in [-0.3, -0.25) is 0 Å². The molecule has 0 N–H and O–H groups in total. The van der Waals surface area contributed by atoms with Crippen LogP contribution in [0.5, 0.6) is 5.75 Å². The first-order chi connectivity index (χ1) is 5.88. The van der Waals surface area contributed by atoms with Crippen LogP contribution in [0.2, 0.25) is 5.15 Å². The molecule has 1 heterocycles. The van der Waals surface area contributed by atoms with Gasteiger partial charge < -0.3 is 4.74 Å². The molecule has 1 aromatic heterocycles. The third-order valence-electron chi connectivity index (χ3n) is 1.01. The Hall–Kier alpha value is -0.240. The summed E-state index contributed by atoms with van der Waals surface area (Å²) in [5.41, 5.74) is 0. The number of hydrogen-bond donors (Lipinski definition) is 0. The minimum Gasteiger partial charge on any atom is -0.402 e. The first-order valence-electron chi connectivity index (χ1n) is 2.96. The maximum absolute atomic E-state index is 11.7. The van der Waals surface area contributed by atoms with Crippen LogP contribution in [0.3, 0.4) is 0 Å². The number of hydrogen-bond acceptors (Lipinski definition) is 2. The average Bonchev–Trinajstić information content (AvgIpc) is 1.93. The van der Waals surface area contributed by atoms with Gasteiger partial charge in [-0.2, -0.15) is 0 Å². The fraction of sp³-hybridized carbons (Fsp3) is 0.167. The second kappa shape index (κ2) is 3.87. The highest BCUT2D eigenvalue weighted by atomic mass is 127. The number of ether oxygens (including phenoxy) is 1. The van der Waals surface area contributed by atoms with Gasteiger partial charge in [0.2, 0.25) is 0 Å². The lowest BCUT2D eigenvalue weighted by Crippen LogP contribution is -2.17. The van der Waals surface area contributed by atoms with Crippen molar-refractivity contribution in [1.82, 2.24) is 4.98 Å². The molecule has 0 saturated carbocycles. The number of halogens is 5. The SMILES string of the molecule is FC(F)(F)Oc1ccc(I)nc1Cl. The Morgan fingerprint density at radius 1 is 1.38 bits per heavy atom. The van der Waals surface area contributed by atoms with Crippen LogP contribution in [0, 0.1) is 3.70 Å². The van der Waals surface area contributed by atoms with Gasteiger partial charge in [0.15, 0.2) is 10.9 Å². The zero-order chi connectivity index (χ0) is 10.1. The van der Waals surface area contributed by atoms with E-state index < -0.39 is 12.1 Å². The van der Waals surface area contributed by atoms with Gasteiger partial charge in [0.25, 0.3) is 0 Å². The largest absolute Gasteiger partial charge is 0.573 e. The van der Waals surface area contributed by atoms with Crippen molar-refractivity contribution in [1.29, 1.82) is 0 Å². The van der Waals surface area contributed by atoms with Crippen LogP contribution in [0.25, 0.3) is 0 Å². The van der Waals surface area contributed by atoms with E-state index in [1.807, 2.05) is 22.6 Å². The standard InChI is InChI=1S/C6H2ClF3INO/c7-5-3(13-6(8,9)10)1-2-4(11)12-5/h1-2H. The Bertz CT molecular complexity index is 317. The normalized spacial score (nSPS) is 11.5. The van der Waals surface area contributed by atoms with Crippen LogP contribution in [-0.2, 0) is 0 Å². The van der Waals surface area contributed by atoms with Crippen LogP contribution < -0.4 is 4.74 Å². The van der Waals surface area contributed by atoms with Crippen LogP contribution in [0.4, 0.5) is 13.2 Å². The second-order valence-electron chi connectivity index (χ2n) is 1.97. The van der Waals surface area contributed by atoms with Gasteiger partial charge in [-0.05, 0) is 34.7 Å². The molecule has 7 heteroatoms. The molecule has 1 aromatic rings. The molecule has 13 heavy (non-hydrogen) atoms. The van der Waals surface area contributed by atoms with E-state index >= 15 is 0 Å². The number of alkyl halides is 3. The van der Waals surface area contributed by atoms with E-state index in [0.717, 1.165) is 6.07 Å². The van der Waals surface area contributed by atoms with Crippen molar-refractivity contribution in [3.05, 3.63) is 21.0 Å². The Morgan fingerprint density at radius 2 is 2.00 bits per heavy atom. The molecule has 0 aliphatic heterocycles. The lowest BCUT2D eigenvalue weighted by atomic mass is 10.5. The molecular weight excluding hydrogens is 321 g/mol. The summed E-state index contributed by atoms with van der Waals surface area (Å²) in [5, 5.41) is -0.302. The Labute approximate surface area is 90.2 Å². The van der Waals surface area contributed by atoms with Crippen molar-refractivity contribution in [3.8, 4) is 5.75 Å². The van der Waals surface area contributed by atoms with Crippen molar-refractivity contribution >= 4 is 34.2 Å². The fourth-order valence-corrected chi connectivity index (χ4v) is 1.36. The average molecular weight is 323 g/mol. The van der Waals surface area contributed by atoms with E-state index in [1.54, 1.807) is 0 Å². The molecular formula is C6H2ClF3INO. The van der Waals surface area contributed by atoms with Gasteiger partial charge in [0.05, 0.1) is 0 Å². The van der Waals surface area contributed by atoms with Gasteiger partial charge >= 0.3 is 6.36 Å². The Kier molecular flexibility index (Phi) is 3.23. The van der Waals surface area contributed by atoms with Crippen molar-refractivity contribution in [3.63, 3.8) is 0 Å². The maximum Gasteiger partial charge on any atom is 0.573 e. The van der Waals surface area contributed by atoms with Gasteiger partial charge in [0.1, 0.15) is 3.70 Å².